The van der Waals surface area contributed by atoms with E-state index < -0.39 is 0 Å². The molecule has 0 aliphatic rings. The zero-order chi connectivity index (χ0) is 6.85. The molecule has 0 spiro atoms. The maximum atomic E-state index is 5.04. The average molecular weight is 197 g/mol. The Kier molecular flexibility index (Phi) is 9.99. The smallest absolute Gasteiger partial charge is 0.0408 e. The van der Waals surface area contributed by atoms with E-state index in [1.54, 1.807) is 0 Å². The highest BCUT2D eigenvalue weighted by Gasteiger charge is 1.93. The molecule has 0 nitrogen and oxygen atoms in total. The molecule has 0 aromatic heterocycles. The predicted molar refractivity (Wildman–Crippen MR) is 49.3 cm³/mol. The summed E-state index contributed by atoms with van der Waals surface area (Å²) >= 11 is 5.04. The minimum absolute atomic E-state index is 0. The van der Waals surface area contributed by atoms with Crippen molar-refractivity contribution in [1.82, 2.24) is 0 Å². The van der Waals surface area contributed by atoms with Crippen LogP contribution in [0.2, 0.25) is 0 Å². The van der Waals surface area contributed by atoms with E-state index in [2.05, 4.69) is 19.9 Å². The van der Waals surface area contributed by atoms with Crippen LogP contribution < -0.4 is 0 Å². The number of hydrogen-bond acceptors (Lipinski definition) is 0. The van der Waals surface area contributed by atoms with Crippen molar-refractivity contribution in [2.45, 2.75) is 18.7 Å². The zero-order valence-corrected chi connectivity index (χ0v) is 7.68. The van der Waals surface area contributed by atoms with Crippen LogP contribution in [0.15, 0.2) is 23.1 Å². The lowest BCUT2D eigenvalue weighted by Gasteiger charge is -1.98. The fourth-order valence-electron chi connectivity index (χ4n) is 0.724. The molecule has 0 amide bonds. The molecule has 0 unspecified atom stereocenters. The van der Waals surface area contributed by atoms with Gasteiger partial charge in [-0.1, -0.05) is 24.8 Å². The predicted octanol–water partition coefficient (Wildman–Crippen LogP) is 3.32. The van der Waals surface area contributed by atoms with Gasteiger partial charge in [-0.3, -0.25) is 14.1 Å². The Morgan fingerprint density at radius 3 is 1.83 bits per heavy atom. The van der Waals surface area contributed by atoms with Crippen LogP contribution in [-0.2, 0) is 0 Å². The zero-order valence-electron chi connectivity index (χ0n) is 6.87. The van der Waals surface area contributed by atoms with E-state index in [0.717, 1.165) is 4.90 Å². The van der Waals surface area contributed by atoms with Crippen molar-refractivity contribution < 1.29 is 14.1 Å². The van der Waals surface area contributed by atoms with Gasteiger partial charge in [0.2, 0.25) is 0 Å². The lowest BCUT2D eigenvalue weighted by atomic mass is 10.1. The van der Waals surface area contributed by atoms with Gasteiger partial charge in [0, 0.05) is 4.90 Å². The molecule has 0 aliphatic heterocycles. The molecule has 1 radical (unpaired) electrons. The molecule has 4 heteroatoms. The summed E-state index contributed by atoms with van der Waals surface area (Å²) < 4.78 is 0. The molecule has 0 N–H and O–H groups in total. The Morgan fingerprint density at radius 1 is 1.00 bits per heavy atom. The Bertz CT molecular complexity index is 205. The van der Waals surface area contributed by atoms with Crippen LogP contribution in [0.3, 0.4) is 0 Å². The van der Waals surface area contributed by atoms with Crippen molar-refractivity contribution in [3.05, 3.63) is 29.3 Å². The molecule has 0 heterocycles. The second kappa shape index (κ2) is 6.91. The van der Waals surface area contributed by atoms with Gasteiger partial charge in [-0.25, -0.2) is 0 Å². The molecule has 0 fully saturated rings. The summed E-state index contributed by atoms with van der Waals surface area (Å²) in [6.45, 7) is 4.13. The van der Waals surface area contributed by atoms with Crippen molar-refractivity contribution in [2.75, 3.05) is 0 Å². The Morgan fingerprint density at radius 2 is 1.50 bits per heavy atom. The monoisotopic (exact) mass is 197 g/mol. The highest BCUT2D eigenvalue weighted by molar-refractivity contribution is 7.80. The first-order valence-electron chi connectivity index (χ1n) is 2.95. The summed E-state index contributed by atoms with van der Waals surface area (Å²) in [5, 5.41) is 0. The third kappa shape index (κ3) is 3.57. The maximum absolute atomic E-state index is 5.04. The van der Waals surface area contributed by atoms with Crippen molar-refractivity contribution in [2.24, 2.45) is 0 Å². The van der Waals surface area contributed by atoms with Crippen molar-refractivity contribution in [1.29, 1.82) is 0 Å². The molecule has 1 aromatic rings. The normalized spacial score (nSPS) is 7.17. The van der Waals surface area contributed by atoms with Crippen LogP contribution >= 0.6 is 12.6 Å². The van der Waals surface area contributed by atoms with Gasteiger partial charge >= 0.3 is 0 Å². The van der Waals surface area contributed by atoms with Gasteiger partial charge in [-0.15, -0.1) is 0 Å². The van der Waals surface area contributed by atoms with E-state index in [9.17, 15) is 0 Å². The number of benzene rings is 1. The second-order valence-corrected chi connectivity index (χ2v) is 2.64. The fourth-order valence-corrected chi connectivity index (χ4v) is 0.964. The van der Waals surface area contributed by atoms with Gasteiger partial charge in [0.05, 0.1) is 0 Å². The van der Waals surface area contributed by atoms with Crippen molar-refractivity contribution in [3.63, 3.8) is 0 Å². The molecule has 71 valence electrons. The highest BCUT2D eigenvalue weighted by atomic mass is 32.1. The van der Waals surface area contributed by atoms with Crippen molar-refractivity contribution >= 4 is 12.6 Å². The van der Waals surface area contributed by atoms with E-state index >= 15 is 0 Å². The average Bonchev–Trinajstić information content (AvgIpc) is 1.83. The first-order valence-corrected chi connectivity index (χ1v) is 3.36. The Labute approximate surface area is 75.5 Å². The van der Waals surface area contributed by atoms with Crippen LogP contribution in [0.4, 0.5) is 14.1 Å². The number of aryl methyl sites for hydroxylation is 1. The molecule has 1 aromatic carbocycles. The molecule has 0 bridgehead atoms. The third-order valence-corrected chi connectivity index (χ3v) is 2.00. The Hall–Kier alpha value is -0.770. The number of hydrogen-bond donors (Lipinski definition) is 0. The number of halogens is 3. The van der Waals surface area contributed by atoms with Gasteiger partial charge in [0.25, 0.3) is 0 Å². The minimum Gasteiger partial charge on any atom is -0.269 e. The molecular weight excluding hydrogens is 185 g/mol. The largest absolute Gasteiger partial charge is 0.269 e. The SMILES string of the molecule is Cc1cccc([S])c1C.F.F.F. The first-order chi connectivity index (χ1) is 4.22. The van der Waals surface area contributed by atoms with E-state index in [1.807, 2.05) is 12.1 Å². The van der Waals surface area contributed by atoms with Gasteiger partial charge in [0.15, 0.2) is 0 Å². The molecule has 1 rings (SSSR count). The van der Waals surface area contributed by atoms with Crippen LogP contribution in [0.25, 0.3) is 0 Å². The van der Waals surface area contributed by atoms with E-state index in [4.69, 9.17) is 12.6 Å². The lowest BCUT2D eigenvalue weighted by Crippen LogP contribution is -1.79. The van der Waals surface area contributed by atoms with Gasteiger partial charge in [-0.2, -0.15) is 0 Å². The summed E-state index contributed by atoms with van der Waals surface area (Å²) in [7, 11) is 0. The van der Waals surface area contributed by atoms with E-state index in [0.29, 0.717) is 0 Å². The second-order valence-electron chi connectivity index (χ2n) is 2.20. The van der Waals surface area contributed by atoms with E-state index in [1.165, 1.54) is 11.1 Å². The Balaban J connectivity index is -0.000000270. The molecule has 0 aliphatic carbocycles. The first kappa shape index (κ1) is 17.4. The standard InChI is InChI=1S/C8H9S.3FH/c1-6-4-3-5-8(9)7(6)2;;;/h3-5H,1-2H3;3*1H. The fraction of sp³-hybridized carbons (Fsp3) is 0.250. The molecule has 0 saturated carbocycles. The van der Waals surface area contributed by atoms with Crippen LogP contribution in [0.1, 0.15) is 11.1 Å². The van der Waals surface area contributed by atoms with Gasteiger partial charge in [0.1, 0.15) is 0 Å². The van der Waals surface area contributed by atoms with Crippen LogP contribution in [0, 0.1) is 13.8 Å². The lowest BCUT2D eigenvalue weighted by molar-refractivity contribution is 1.11. The third-order valence-electron chi connectivity index (χ3n) is 1.55. The molecular formula is C8H12F3S. The van der Waals surface area contributed by atoms with Gasteiger partial charge in [-0.05, 0) is 31.0 Å². The molecule has 0 saturated heterocycles. The molecule has 0 atom stereocenters. The molecule has 12 heavy (non-hydrogen) atoms. The van der Waals surface area contributed by atoms with Crippen LogP contribution in [-0.4, -0.2) is 0 Å². The summed E-state index contributed by atoms with van der Waals surface area (Å²) in [5.74, 6) is 0. The quantitative estimate of drug-likeness (QED) is 0.598. The topological polar surface area (TPSA) is 0 Å². The highest BCUT2D eigenvalue weighted by Crippen LogP contribution is 2.15. The van der Waals surface area contributed by atoms with E-state index in [-0.39, 0.29) is 14.1 Å². The summed E-state index contributed by atoms with van der Waals surface area (Å²) in [6.07, 6.45) is 0. The maximum Gasteiger partial charge on any atom is 0.0408 e. The van der Waals surface area contributed by atoms with Crippen molar-refractivity contribution in [3.8, 4) is 0 Å². The number of rotatable bonds is 0. The summed E-state index contributed by atoms with van der Waals surface area (Å²) in [5.41, 5.74) is 2.51. The minimum atomic E-state index is 0. The summed E-state index contributed by atoms with van der Waals surface area (Å²) in [4.78, 5) is 0.968. The summed E-state index contributed by atoms with van der Waals surface area (Å²) in [6, 6.07) is 6.02. The van der Waals surface area contributed by atoms with Crippen LogP contribution in [0.5, 0.6) is 0 Å². The van der Waals surface area contributed by atoms with Gasteiger partial charge < -0.3 is 0 Å².